The number of benzene rings is 2. The number of carbonyl (C=O) groups excluding carboxylic acids is 2. The van der Waals surface area contributed by atoms with Crippen molar-refractivity contribution in [3.63, 3.8) is 0 Å². The Morgan fingerprint density at radius 2 is 1.83 bits per heavy atom. The second-order valence-electron chi connectivity index (χ2n) is 7.61. The molecule has 1 N–H and O–H groups in total. The minimum Gasteiger partial charge on any atom is -0.462 e. The maximum Gasteiger partial charge on any atom is 0.344 e. The number of amides is 1. The van der Waals surface area contributed by atoms with Gasteiger partial charge in [-0.3, -0.25) is 10.1 Å². The number of carbonyl (C=O) groups is 2. The van der Waals surface area contributed by atoms with Crippen LogP contribution in [0.15, 0.2) is 96.5 Å². The zero-order valence-electron chi connectivity index (χ0n) is 18.4. The lowest BCUT2D eigenvalue weighted by atomic mass is 9.83. The Hall–Kier alpha value is -4.11. The summed E-state index contributed by atoms with van der Waals surface area (Å²) in [4.78, 5) is 39.3. The van der Waals surface area contributed by atoms with Crippen LogP contribution in [0.1, 0.15) is 34.5 Å². The van der Waals surface area contributed by atoms with Crippen LogP contribution in [0.3, 0.4) is 0 Å². The molecule has 0 unspecified atom stereocenters. The molecule has 8 nitrogen and oxygen atoms in total. The maximum atomic E-state index is 13.2. The summed E-state index contributed by atoms with van der Waals surface area (Å²) in [7, 11) is 0. The van der Waals surface area contributed by atoms with Gasteiger partial charge in [0.25, 0.3) is 5.91 Å². The van der Waals surface area contributed by atoms with Crippen molar-refractivity contribution >= 4 is 38.8 Å². The molecule has 2 aromatic heterocycles. The fourth-order valence-electron chi connectivity index (χ4n) is 4.00. The first-order valence-electron chi connectivity index (χ1n) is 10.7. The lowest BCUT2D eigenvalue weighted by Gasteiger charge is -2.29. The van der Waals surface area contributed by atoms with E-state index in [1.54, 1.807) is 61.5 Å². The molecule has 0 radical (unpaired) electrons. The van der Waals surface area contributed by atoms with E-state index in [1.165, 1.54) is 12.3 Å². The van der Waals surface area contributed by atoms with E-state index in [9.17, 15) is 14.4 Å². The van der Waals surface area contributed by atoms with Crippen LogP contribution < -0.4 is 15.7 Å². The first kappa shape index (κ1) is 22.7. The SMILES string of the molecule is CCOC(=O)C1=C(NC(=O)c2ccco2)Oc2c(c(=O)oc3ccccc23)[C@@H]1c1ccc(Br)cc1. The molecule has 35 heavy (non-hydrogen) atoms. The Morgan fingerprint density at radius 3 is 2.54 bits per heavy atom. The maximum absolute atomic E-state index is 13.2. The molecule has 1 aliphatic heterocycles. The minimum atomic E-state index is -0.932. The quantitative estimate of drug-likeness (QED) is 0.286. The monoisotopic (exact) mass is 535 g/mol. The lowest BCUT2D eigenvalue weighted by molar-refractivity contribution is -0.139. The normalized spacial score (nSPS) is 14.9. The number of nitrogens with one attached hydrogen (secondary N) is 1. The molecule has 1 atom stereocenters. The summed E-state index contributed by atoms with van der Waals surface area (Å²) in [5, 5.41) is 3.14. The number of furan rings is 1. The molecule has 3 heterocycles. The van der Waals surface area contributed by atoms with E-state index < -0.39 is 23.4 Å². The Balaban J connectivity index is 1.78. The summed E-state index contributed by atoms with van der Waals surface area (Å²) in [5.41, 5.74) is 0.342. The van der Waals surface area contributed by atoms with Crippen molar-refractivity contribution in [2.24, 2.45) is 0 Å². The molecule has 0 aliphatic carbocycles. The van der Waals surface area contributed by atoms with Gasteiger partial charge in [-0.1, -0.05) is 40.2 Å². The molecular formula is C26H18BrNO7. The average Bonchev–Trinajstić information content (AvgIpc) is 3.39. The van der Waals surface area contributed by atoms with Gasteiger partial charge in [0.2, 0.25) is 5.88 Å². The molecule has 0 fully saturated rings. The Kier molecular flexibility index (Phi) is 6.00. The second-order valence-corrected chi connectivity index (χ2v) is 8.53. The average molecular weight is 536 g/mol. The Labute approximate surface area is 207 Å². The third-order valence-corrected chi connectivity index (χ3v) is 6.02. The highest BCUT2D eigenvalue weighted by Crippen LogP contribution is 2.44. The van der Waals surface area contributed by atoms with Crippen LogP contribution in [0, 0.1) is 0 Å². The number of halogens is 1. The van der Waals surface area contributed by atoms with Gasteiger partial charge in [-0.2, -0.15) is 0 Å². The predicted molar refractivity (Wildman–Crippen MR) is 129 cm³/mol. The van der Waals surface area contributed by atoms with Crippen molar-refractivity contribution in [2.45, 2.75) is 12.8 Å². The molecule has 176 valence electrons. The van der Waals surface area contributed by atoms with Crippen LogP contribution >= 0.6 is 15.9 Å². The van der Waals surface area contributed by atoms with Gasteiger partial charge in [-0.25, -0.2) is 9.59 Å². The van der Waals surface area contributed by atoms with Crippen molar-refractivity contribution in [1.82, 2.24) is 5.32 Å². The van der Waals surface area contributed by atoms with E-state index in [-0.39, 0.29) is 35.1 Å². The van der Waals surface area contributed by atoms with E-state index >= 15 is 0 Å². The Bertz CT molecular complexity index is 1520. The molecule has 4 aromatic rings. The number of hydrogen-bond acceptors (Lipinski definition) is 7. The number of ether oxygens (including phenoxy) is 2. The third kappa shape index (κ3) is 4.15. The fourth-order valence-corrected chi connectivity index (χ4v) is 4.26. The summed E-state index contributed by atoms with van der Waals surface area (Å²) in [6, 6.07) is 17.0. The molecule has 1 aliphatic rings. The van der Waals surface area contributed by atoms with E-state index in [0.717, 1.165) is 4.47 Å². The van der Waals surface area contributed by atoms with E-state index in [0.29, 0.717) is 16.5 Å². The van der Waals surface area contributed by atoms with Crippen LogP contribution in [-0.2, 0) is 9.53 Å². The van der Waals surface area contributed by atoms with Crippen molar-refractivity contribution in [3.8, 4) is 5.75 Å². The molecule has 9 heteroatoms. The van der Waals surface area contributed by atoms with Crippen molar-refractivity contribution in [1.29, 1.82) is 0 Å². The van der Waals surface area contributed by atoms with Crippen molar-refractivity contribution in [2.75, 3.05) is 6.61 Å². The molecule has 0 spiro atoms. The van der Waals surface area contributed by atoms with E-state index in [2.05, 4.69) is 21.2 Å². The van der Waals surface area contributed by atoms with Crippen molar-refractivity contribution < 1.29 is 27.9 Å². The van der Waals surface area contributed by atoms with Gasteiger partial charge >= 0.3 is 11.6 Å². The standard InChI is InChI=1S/C26H18BrNO7/c1-2-32-25(30)21-19(14-9-11-15(27)12-10-14)20-22(16-6-3-4-7-17(16)34-26(20)31)35-24(21)28-23(29)18-8-5-13-33-18/h3-13,19H,2H2,1H3,(H,28,29)/t19-/m0/s1. The topological polar surface area (TPSA) is 108 Å². The zero-order chi connectivity index (χ0) is 24.5. The molecule has 0 bridgehead atoms. The third-order valence-electron chi connectivity index (χ3n) is 5.50. The first-order valence-corrected chi connectivity index (χ1v) is 11.5. The number of esters is 1. The number of para-hydroxylation sites is 1. The summed E-state index contributed by atoms with van der Waals surface area (Å²) in [6.45, 7) is 1.74. The van der Waals surface area contributed by atoms with Crippen LogP contribution in [0.2, 0.25) is 0 Å². The van der Waals surface area contributed by atoms with Crippen molar-refractivity contribution in [3.05, 3.63) is 110 Å². The van der Waals surface area contributed by atoms with Gasteiger partial charge in [0.05, 0.1) is 29.7 Å². The zero-order valence-corrected chi connectivity index (χ0v) is 20.0. The van der Waals surface area contributed by atoms with Gasteiger partial charge < -0.3 is 18.3 Å². The van der Waals surface area contributed by atoms with Crippen LogP contribution in [0.25, 0.3) is 11.0 Å². The van der Waals surface area contributed by atoms with Gasteiger partial charge in [-0.15, -0.1) is 0 Å². The highest BCUT2D eigenvalue weighted by atomic mass is 79.9. The molecule has 1 amide bonds. The summed E-state index contributed by atoms with van der Waals surface area (Å²) >= 11 is 3.41. The van der Waals surface area contributed by atoms with E-state index in [1.807, 2.05) is 0 Å². The Morgan fingerprint density at radius 1 is 1.06 bits per heavy atom. The number of rotatable bonds is 5. The lowest BCUT2D eigenvalue weighted by Crippen LogP contribution is -2.35. The highest BCUT2D eigenvalue weighted by molar-refractivity contribution is 9.10. The fraction of sp³-hybridized carbons (Fsp3) is 0.115. The largest absolute Gasteiger partial charge is 0.462 e. The molecule has 2 aromatic carbocycles. The molecular weight excluding hydrogens is 518 g/mol. The van der Waals surface area contributed by atoms with Gasteiger partial charge in [0, 0.05) is 4.47 Å². The highest BCUT2D eigenvalue weighted by Gasteiger charge is 2.40. The van der Waals surface area contributed by atoms with Crippen LogP contribution in [0.4, 0.5) is 0 Å². The van der Waals surface area contributed by atoms with Gasteiger partial charge in [0.15, 0.2) is 11.5 Å². The second kappa shape index (κ2) is 9.27. The van der Waals surface area contributed by atoms with Crippen LogP contribution in [-0.4, -0.2) is 18.5 Å². The number of hydrogen-bond donors (Lipinski definition) is 1. The molecule has 0 saturated heterocycles. The van der Waals surface area contributed by atoms with E-state index in [4.69, 9.17) is 18.3 Å². The molecule has 5 rings (SSSR count). The van der Waals surface area contributed by atoms with Gasteiger partial charge in [0.1, 0.15) is 11.2 Å². The first-order chi connectivity index (χ1) is 17.0. The van der Waals surface area contributed by atoms with Gasteiger partial charge in [-0.05, 0) is 48.9 Å². The summed E-state index contributed by atoms with van der Waals surface area (Å²) in [6.07, 6.45) is 1.36. The smallest absolute Gasteiger partial charge is 0.344 e. The number of fused-ring (bicyclic) bond motifs is 3. The van der Waals surface area contributed by atoms with Crippen LogP contribution in [0.5, 0.6) is 5.75 Å². The minimum absolute atomic E-state index is 0.0210. The predicted octanol–water partition coefficient (Wildman–Crippen LogP) is 4.88. The summed E-state index contributed by atoms with van der Waals surface area (Å²) in [5.74, 6) is -2.24. The summed E-state index contributed by atoms with van der Waals surface area (Å²) < 4.78 is 23.0. The molecule has 0 saturated carbocycles.